The van der Waals surface area contributed by atoms with Crippen LogP contribution in [0.25, 0.3) is 0 Å². The van der Waals surface area contributed by atoms with Crippen molar-refractivity contribution in [2.45, 2.75) is 64.6 Å². The molecule has 2 unspecified atom stereocenters. The standard InChI is InChI=1S/C15H31N3O/c1-12(14(19)17(5)6)18-10-8-7-9-13(18)11-16-15(2,3)4/h12-13,16H,7-11H2,1-6H3. The molecular formula is C15H31N3O. The van der Waals surface area contributed by atoms with Crippen LogP contribution in [0.2, 0.25) is 0 Å². The zero-order valence-corrected chi connectivity index (χ0v) is 13.5. The molecule has 1 aliphatic rings. The Bertz CT molecular complexity index is 296. The van der Waals surface area contributed by atoms with E-state index in [0.29, 0.717) is 6.04 Å². The number of rotatable bonds is 4. The number of carbonyl (C=O) groups is 1. The molecule has 2 atom stereocenters. The fourth-order valence-electron chi connectivity index (χ4n) is 2.69. The van der Waals surface area contributed by atoms with Gasteiger partial charge in [-0.15, -0.1) is 0 Å². The number of nitrogens with one attached hydrogen (secondary N) is 1. The first-order valence-corrected chi connectivity index (χ1v) is 7.44. The number of likely N-dealkylation sites (tertiary alicyclic amines) is 1. The summed E-state index contributed by atoms with van der Waals surface area (Å²) in [5.74, 6) is 0.211. The largest absolute Gasteiger partial charge is 0.347 e. The molecule has 4 nitrogen and oxygen atoms in total. The van der Waals surface area contributed by atoms with Crippen molar-refractivity contribution in [1.29, 1.82) is 0 Å². The Hall–Kier alpha value is -0.610. The van der Waals surface area contributed by atoms with Crippen LogP contribution in [0.4, 0.5) is 0 Å². The van der Waals surface area contributed by atoms with Crippen LogP contribution in [0, 0.1) is 0 Å². The summed E-state index contributed by atoms with van der Waals surface area (Å²) in [5, 5.41) is 3.58. The quantitative estimate of drug-likeness (QED) is 0.844. The smallest absolute Gasteiger partial charge is 0.239 e. The Labute approximate surface area is 118 Å². The Morgan fingerprint density at radius 3 is 2.53 bits per heavy atom. The van der Waals surface area contributed by atoms with Crippen molar-refractivity contribution in [1.82, 2.24) is 15.1 Å². The van der Waals surface area contributed by atoms with Crippen molar-refractivity contribution in [2.75, 3.05) is 27.2 Å². The zero-order chi connectivity index (χ0) is 14.6. The van der Waals surface area contributed by atoms with Crippen molar-refractivity contribution in [3.63, 3.8) is 0 Å². The number of hydrogen-bond donors (Lipinski definition) is 1. The van der Waals surface area contributed by atoms with Crippen LogP contribution in [0.15, 0.2) is 0 Å². The molecule has 1 N–H and O–H groups in total. The number of amides is 1. The van der Waals surface area contributed by atoms with Gasteiger partial charge in [0, 0.05) is 32.2 Å². The summed E-state index contributed by atoms with van der Waals surface area (Å²) in [5.41, 5.74) is 0.137. The van der Waals surface area contributed by atoms with E-state index in [1.807, 2.05) is 21.0 Å². The molecule has 0 bridgehead atoms. The molecule has 0 aromatic carbocycles. The zero-order valence-electron chi connectivity index (χ0n) is 13.5. The molecule has 112 valence electrons. The molecule has 0 aromatic rings. The fraction of sp³-hybridized carbons (Fsp3) is 0.933. The Morgan fingerprint density at radius 1 is 1.37 bits per heavy atom. The molecular weight excluding hydrogens is 238 g/mol. The van der Waals surface area contributed by atoms with Crippen LogP contribution >= 0.6 is 0 Å². The highest BCUT2D eigenvalue weighted by molar-refractivity contribution is 5.81. The van der Waals surface area contributed by atoms with Crippen molar-refractivity contribution in [3.8, 4) is 0 Å². The van der Waals surface area contributed by atoms with Crippen molar-refractivity contribution >= 4 is 5.91 Å². The second-order valence-corrected chi connectivity index (χ2v) is 6.93. The number of likely N-dealkylation sites (N-methyl/N-ethyl adjacent to an activating group) is 1. The molecule has 1 heterocycles. The number of carbonyl (C=O) groups excluding carboxylic acids is 1. The van der Waals surface area contributed by atoms with Crippen molar-refractivity contribution in [3.05, 3.63) is 0 Å². The number of hydrogen-bond acceptors (Lipinski definition) is 3. The molecule has 0 aromatic heterocycles. The summed E-state index contributed by atoms with van der Waals surface area (Å²) in [6.45, 7) is 10.6. The molecule has 4 heteroatoms. The molecule has 1 saturated heterocycles. The van der Waals surface area contributed by atoms with Gasteiger partial charge in [0.15, 0.2) is 0 Å². The van der Waals surface area contributed by atoms with Crippen molar-refractivity contribution < 1.29 is 4.79 Å². The lowest BCUT2D eigenvalue weighted by Gasteiger charge is -2.41. The van der Waals surface area contributed by atoms with Gasteiger partial charge in [-0.3, -0.25) is 9.69 Å². The van der Waals surface area contributed by atoms with Gasteiger partial charge in [0.2, 0.25) is 5.91 Å². The maximum absolute atomic E-state index is 12.2. The lowest BCUT2D eigenvalue weighted by atomic mass is 9.98. The highest BCUT2D eigenvalue weighted by Gasteiger charge is 2.31. The molecule has 1 rings (SSSR count). The van der Waals surface area contributed by atoms with E-state index in [9.17, 15) is 4.79 Å². The van der Waals surface area contributed by atoms with E-state index in [1.54, 1.807) is 4.90 Å². The SMILES string of the molecule is CC(C(=O)N(C)C)N1CCCCC1CNC(C)(C)C. The van der Waals surface area contributed by atoms with E-state index in [2.05, 4.69) is 31.0 Å². The second kappa shape index (κ2) is 6.71. The first kappa shape index (κ1) is 16.4. The Kier molecular flexibility index (Phi) is 5.81. The van der Waals surface area contributed by atoms with Gasteiger partial charge in [0.25, 0.3) is 0 Å². The predicted octanol–water partition coefficient (Wildman–Crippen LogP) is 1.71. The Balaban J connectivity index is 2.64. The average Bonchev–Trinajstić information content (AvgIpc) is 2.34. The lowest BCUT2D eigenvalue weighted by Crippen LogP contribution is -2.55. The van der Waals surface area contributed by atoms with Crippen LogP contribution in [-0.4, -0.2) is 60.5 Å². The molecule has 0 spiro atoms. The summed E-state index contributed by atoms with van der Waals surface area (Å²) < 4.78 is 0. The minimum Gasteiger partial charge on any atom is -0.347 e. The fourth-order valence-corrected chi connectivity index (χ4v) is 2.69. The van der Waals surface area contributed by atoms with Crippen LogP contribution in [0.5, 0.6) is 0 Å². The Morgan fingerprint density at radius 2 is 2.00 bits per heavy atom. The maximum Gasteiger partial charge on any atom is 0.239 e. The van der Waals surface area contributed by atoms with Crippen LogP contribution in [0.1, 0.15) is 47.0 Å². The van der Waals surface area contributed by atoms with Crippen molar-refractivity contribution in [2.24, 2.45) is 0 Å². The minimum atomic E-state index is -0.0120. The van der Waals surface area contributed by atoms with Gasteiger partial charge in [0.05, 0.1) is 6.04 Å². The van der Waals surface area contributed by atoms with Gasteiger partial charge in [-0.05, 0) is 47.1 Å². The average molecular weight is 269 g/mol. The molecule has 0 saturated carbocycles. The summed E-state index contributed by atoms with van der Waals surface area (Å²) >= 11 is 0. The molecule has 0 aliphatic carbocycles. The lowest BCUT2D eigenvalue weighted by molar-refractivity contribution is -0.135. The van der Waals surface area contributed by atoms with E-state index < -0.39 is 0 Å². The molecule has 1 amide bonds. The first-order valence-electron chi connectivity index (χ1n) is 7.44. The molecule has 1 aliphatic heterocycles. The van der Waals surface area contributed by atoms with Gasteiger partial charge < -0.3 is 10.2 Å². The summed E-state index contributed by atoms with van der Waals surface area (Å²) in [6.07, 6.45) is 3.67. The van der Waals surface area contributed by atoms with Gasteiger partial charge in [-0.2, -0.15) is 0 Å². The second-order valence-electron chi connectivity index (χ2n) is 6.93. The van der Waals surface area contributed by atoms with E-state index in [4.69, 9.17) is 0 Å². The third kappa shape index (κ3) is 5.11. The van der Waals surface area contributed by atoms with E-state index in [1.165, 1.54) is 19.3 Å². The first-order chi connectivity index (χ1) is 8.72. The highest BCUT2D eigenvalue weighted by Crippen LogP contribution is 2.20. The molecule has 19 heavy (non-hydrogen) atoms. The van der Waals surface area contributed by atoms with E-state index in [-0.39, 0.29) is 17.5 Å². The maximum atomic E-state index is 12.2. The third-order valence-corrected chi connectivity index (χ3v) is 3.84. The topological polar surface area (TPSA) is 35.6 Å². The minimum absolute atomic E-state index is 0.0120. The van der Waals surface area contributed by atoms with E-state index in [0.717, 1.165) is 13.1 Å². The van der Waals surface area contributed by atoms with Crippen LogP contribution < -0.4 is 5.32 Å². The normalized spacial score (nSPS) is 23.2. The number of nitrogens with zero attached hydrogens (tertiary/aromatic N) is 2. The van der Waals surface area contributed by atoms with Gasteiger partial charge in [-0.25, -0.2) is 0 Å². The number of piperidine rings is 1. The summed E-state index contributed by atoms with van der Waals surface area (Å²) in [7, 11) is 3.68. The van der Waals surface area contributed by atoms with E-state index >= 15 is 0 Å². The van der Waals surface area contributed by atoms with Crippen LogP contribution in [0.3, 0.4) is 0 Å². The summed E-state index contributed by atoms with van der Waals surface area (Å²) in [6, 6.07) is 0.467. The van der Waals surface area contributed by atoms with Gasteiger partial charge in [0.1, 0.15) is 0 Å². The predicted molar refractivity (Wildman–Crippen MR) is 80.3 cm³/mol. The molecule has 1 fully saturated rings. The monoisotopic (exact) mass is 269 g/mol. The van der Waals surface area contributed by atoms with Crippen LogP contribution in [-0.2, 0) is 4.79 Å². The third-order valence-electron chi connectivity index (χ3n) is 3.84. The summed E-state index contributed by atoms with van der Waals surface area (Å²) in [4.78, 5) is 16.2. The molecule has 0 radical (unpaired) electrons. The highest BCUT2D eigenvalue weighted by atomic mass is 16.2. The van der Waals surface area contributed by atoms with Gasteiger partial charge in [-0.1, -0.05) is 6.42 Å². The van der Waals surface area contributed by atoms with Gasteiger partial charge >= 0.3 is 0 Å².